The molecule has 0 saturated carbocycles. The van der Waals surface area contributed by atoms with Crippen molar-refractivity contribution in [3.8, 4) is 12.0 Å². The molecule has 0 saturated heterocycles. The summed E-state index contributed by atoms with van der Waals surface area (Å²) >= 11 is 0. The lowest BCUT2D eigenvalue weighted by molar-refractivity contribution is 0.898. The molecular weight excluding hydrogens is 146 g/mol. The first-order valence-corrected chi connectivity index (χ1v) is 4.18. The van der Waals surface area contributed by atoms with Gasteiger partial charge in [0.2, 0.25) is 0 Å². The summed E-state index contributed by atoms with van der Waals surface area (Å²) in [5.41, 5.74) is 1.27. The van der Waals surface area contributed by atoms with Gasteiger partial charge in [-0.15, -0.1) is 0 Å². The van der Waals surface area contributed by atoms with Gasteiger partial charge in [-0.3, -0.25) is 0 Å². The summed E-state index contributed by atoms with van der Waals surface area (Å²) in [6.45, 7) is 2.87. The Hall–Kier alpha value is -1.42. The van der Waals surface area contributed by atoms with Gasteiger partial charge in [0.15, 0.2) is 0 Å². The molecule has 62 valence electrons. The average molecular weight is 159 g/mol. The van der Waals surface area contributed by atoms with E-state index >= 15 is 0 Å². The highest BCUT2D eigenvalue weighted by atomic mass is 14.8. The Morgan fingerprint density at radius 1 is 1.25 bits per heavy atom. The first-order valence-electron chi connectivity index (χ1n) is 4.18. The van der Waals surface area contributed by atoms with E-state index in [1.807, 2.05) is 25.1 Å². The minimum atomic E-state index is 0.827. The van der Waals surface area contributed by atoms with Crippen molar-refractivity contribution in [1.29, 1.82) is 0 Å². The maximum atomic E-state index is 3.04. The van der Waals surface area contributed by atoms with Gasteiger partial charge < -0.3 is 5.32 Å². The molecule has 0 aliphatic rings. The van der Waals surface area contributed by atoms with Gasteiger partial charge in [0.25, 0.3) is 0 Å². The van der Waals surface area contributed by atoms with E-state index in [1.165, 1.54) is 5.56 Å². The fourth-order valence-corrected chi connectivity index (χ4v) is 0.893. The summed E-state index contributed by atoms with van der Waals surface area (Å²) in [5, 5.41) is 3.04. The van der Waals surface area contributed by atoms with Gasteiger partial charge in [-0.05, 0) is 5.56 Å². The van der Waals surface area contributed by atoms with Crippen molar-refractivity contribution in [3.63, 3.8) is 0 Å². The third-order valence-electron chi connectivity index (χ3n) is 1.49. The molecule has 0 radical (unpaired) electrons. The Bertz CT molecular complexity index is 266. The van der Waals surface area contributed by atoms with Gasteiger partial charge in [0.1, 0.15) is 0 Å². The summed E-state index contributed by atoms with van der Waals surface area (Å²) in [7, 11) is 0. The molecule has 1 rings (SSSR count). The summed E-state index contributed by atoms with van der Waals surface area (Å²) in [6.07, 6.45) is 0.905. The molecule has 1 nitrogen and oxygen atoms in total. The standard InChI is InChI=1S/C11H13N/c1-2-3-9-12-10-11-7-5-4-6-8-11/h4-8,12H,2,10H2,1H3. The molecule has 0 aliphatic carbocycles. The van der Waals surface area contributed by atoms with Crippen LogP contribution in [0.1, 0.15) is 18.9 Å². The van der Waals surface area contributed by atoms with E-state index in [0.717, 1.165) is 13.0 Å². The molecule has 0 aromatic heterocycles. The molecule has 12 heavy (non-hydrogen) atoms. The first kappa shape index (κ1) is 8.67. The van der Waals surface area contributed by atoms with Crippen LogP contribution in [0, 0.1) is 12.0 Å². The topological polar surface area (TPSA) is 12.0 Å². The molecule has 0 bridgehead atoms. The van der Waals surface area contributed by atoms with E-state index in [1.54, 1.807) is 0 Å². The van der Waals surface area contributed by atoms with Crippen molar-refractivity contribution in [2.24, 2.45) is 0 Å². The summed E-state index contributed by atoms with van der Waals surface area (Å²) < 4.78 is 0. The van der Waals surface area contributed by atoms with Gasteiger partial charge in [-0.25, -0.2) is 0 Å². The normalized spacial score (nSPS) is 8.42. The lowest BCUT2D eigenvalue weighted by atomic mass is 10.2. The lowest BCUT2D eigenvalue weighted by Gasteiger charge is -1.97. The highest BCUT2D eigenvalue weighted by Gasteiger charge is 1.85. The average Bonchev–Trinajstić information content (AvgIpc) is 2.14. The minimum absolute atomic E-state index is 0.827. The minimum Gasteiger partial charge on any atom is -0.341 e. The highest BCUT2D eigenvalue weighted by molar-refractivity contribution is 5.15. The van der Waals surface area contributed by atoms with Crippen molar-refractivity contribution in [2.75, 3.05) is 0 Å². The molecule has 1 aromatic carbocycles. The third kappa shape index (κ3) is 3.12. The molecule has 0 atom stereocenters. The van der Waals surface area contributed by atoms with Crippen molar-refractivity contribution < 1.29 is 0 Å². The number of rotatable bonds is 2. The van der Waals surface area contributed by atoms with E-state index in [4.69, 9.17) is 0 Å². The van der Waals surface area contributed by atoms with Crippen LogP contribution in [0.5, 0.6) is 0 Å². The second-order valence-electron chi connectivity index (χ2n) is 2.49. The van der Waals surface area contributed by atoms with Crippen LogP contribution in [0.4, 0.5) is 0 Å². The van der Waals surface area contributed by atoms with Crippen LogP contribution in [0.2, 0.25) is 0 Å². The number of benzene rings is 1. The Morgan fingerprint density at radius 2 is 2.00 bits per heavy atom. The number of hydrogen-bond donors (Lipinski definition) is 1. The quantitative estimate of drug-likeness (QED) is 0.515. The summed E-state index contributed by atoms with van der Waals surface area (Å²) in [6, 6.07) is 13.1. The van der Waals surface area contributed by atoms with E-state index in [9.17, 15) is 0 Å². The fraction of sp³-hybridized carbons (Fsp3) is 0.273. The molecule has 0 aliphatic heterocycles. The van der Waals surface area contributed by atoms with E-state index < -0.39 is 0 Å². The van der Waals surface area contributed by atoms with Crippen LogP contribution in [0.15, 0.2) is 30.3 Å². The van der Waals surface area contributed by atoms with Gasteiger partial charge >= 0.3 is 0 Å². The molecular formula is C11H13N. The van der Waals surface area contributed by atoms with Crippen molar-refractivity contribution >= 4 is 0 Å². The number of hydrogen-bond acceptors (Lipinski definition) is 1. The van der Waals surface area contributed by atoms with Crippen LogP contribution in [-0.2, 0) is 6.54 Å². The van der Waals surface area contributed by atoms with Crippen molar-refractivity contribution in [3.05, 3.63) is 35.9 Å². The highest BCUT2D eigenvalue weighted by Crippen LogP contribution is 1.96. The fourth-order valence-electron chi connectivity index (χ4n) is 0.893. The van der Waals surface area contributed by atoms with Crippen LogP contribution >= 0.6 is 0 Å². The van der Waals surface area contributed by atoms with Crippen LogP contribution in [0.3, 0.4) is 0 Å². The van der Waals surface area contributed by atoms with E-state index in [-0.39, 0.29) is 0 Å². The molecule has 1 heteroatoms. The predicted octanol–water partition coefficient (Wildman–Crippen LogP) is 2.15. The molecule has 0 unspecified atom stereocenters. The SMILES string of the molecule is CCC#CNCc1ccccc1. The second kappa shape index (κ2) is 5.26. The monoisotopic (exact) mass is 159 g/mol. The maximum Gasteiger partial charge on any atom is 0.0480 e. The van der Waals surface area contributed by atoms with Crippen molar-refractivity contribution in [2.45, 2.75) is 19.9 Å². The molecule has 1 N–H and O–H groups in total. The molecule has 0 spiro atoms. The molecule has 0 fully saturated rings. The summed E-state index contributed by atoms with van der Waals surface area (Å²) in [4.78, 5) is 0. The predicted molar refractivity (Wildman–Crippen MR) is 51.3 cm³/mol. The Morgan fingerprint density at radius 3 is 2.67 bits per heavy atom. The van der Waals surface area contributed by atoms with Crippen LogP contribution in [-0.4, -0.2) is 0 Å². The Kier molecular flexibility index (Phi) is 3.80. The van der Waals surface area contributed by atoms with Crippen LogP contribution < -0.4 is 5.32 Å². The van der Waals surface area contributed by atoms with E-state index in [2.05, 4.69) is 29.4 Å². The van der Waals surface area contributed by atoms with E-state index in [0.29, 0.717) is 0 Å². The zero-order valence-electron chi connectivity index (χ0n) is 7.30. The zero-order valence-corrected chi connectivity index (χ0v) is 7.30. The molecule has 0 heterocycles. The van der Waals surface area contributed by atoms with Gasteiger partial charge in [-0.2, -0.15) is 0 Å². The Balaban J connectivity index is 2.34. The molecule has 0 amide bonds. The molecule has 1 aromatic rings. The van der Waals surface area contributed by atoms with Crippen LogP contribution in [0.25, 0.3) is 0 Å². The van der Waals surface area contributed by atoms with Gasteiger partial charge in [0, 0.05) is 19.0 Å². The lowest BCUT2D eigenvalue weighted by Crippen LogP contribution is -2.04. The Labute approximate surface area is 73.8 Å². The third-order valence-corrected chi connectivity index (χ3v) is 1.49. The maximum absolute atomic E-state index is 3.04. The smallest absolute Gasteiger partial charge is 0.0480 e. The first-order chi connectivity index (χ1) is 5.93. The van der Waals surface area contributed by atoms with Gasteiger partial charge in [0.05, 0.1) is 0 Å². The second-order valence-corrected chi connectivity index (χ2v) is 2.49. The number of nitrogens with one attached hydrogen (secondary N) is 1. The van der Waals surface area contributed by atoms with Gasteiger partial charge in [-0.1, -0.05) is 43.2 Å². The summed E-state index contributed by atoms with van der Waals surface area (Å²) in [5.74, 6) is 2.96. The largest absolute Gasteiger partial charge is 0.341 e. The zero-order chi connectivity index (χ0) is 8.65. The van der Waals surface area contributed by atoms with Crippen molar-refractivity contribution in [1.82, 2.24) is 5.32 Å².